The van der Waals surface area contributed by atoms with E-state index in [-0.39, 0.29) is 12.1 Å². The number of phenolic OH excluding ortho intramolecular Hbond substituents is 2. The molecule has 3 rings (SSSR count). The zero-order valence-electron chi connectivity index (χ0n) is 23.7. The lowest BCUT2D eigenvalue weighted by Gasteiger charge is -2.24. The average molecular weight is 523 g/mol. The maximum Gasteiger partial charge on any atom is 0.127 e. The molecule has 1 aliphatic carbocycles. The van der Waals surface area contributed by atoms with E-state index >= 15 is 0 Å². The SMILES string of the molecule is CCc1cc([Si](C)(C)C)cc(C=NC2CCC(N=Cc3cc([Si](C)(C)C)cc(CC)c3O)CC2)c1O. The molecule has 2 aromatic rings. The molecule has 4 nitrogen and oxygen atoms in total. The van der Waals surface area contributed by atoms with Crippen molar-refractivity contribution in [2.45, 2.75) is 104 Å². The highest BCUT2D eigenvalue weighted by Crippen LogP contribution is 2.27. The number of phenols is 2. The van der Waals surface area contributed by atoms with Crippen molar-refractivity contribution in [2.24, 2.45) is 9.98 Å². The van der Waals surface area contributed by atoms with Crippen LogP contribution in [-0.2, 0) is 12.8 Å². The summed E-state index contributed by atoms with van der Waals surface area (Å²) in [4.78, 5) is 9.77. The molecule has 2 N–H and O–H groups in total. The van der Waals surface area contributed by atoms with Gasteiger partial charge in [0.1, 0.15) is 11.5 Å². The van der Waals surface area contributed by atoms with E-state index in [1.807, 2.05) is 12.4 Å². The van der Waals surface area contributed by atoms with Crippen molar-refractivity contribution in [3.05, 3.63) is 46.5 Å². The summed E-state index contributed by atoms with van der Waals surface area (Å²) in [7, 11) is -2.96. The van der Waals surface area contributed by atoms with Gasteiger partial charge in [0.05, 0.1) is 28.2 Å². The van der Waals surface area contributed by atoms with E-state index in [9.17, 15) is 10.2 Å². The van der Waals surface area contributed by atoms with Gasteiger partial charge in [0.2, 0.25) is 0 Å². The molecule has 0 atom stereocenters. The van der Waals surface area contributed by atoms with E-state index in [0.29, 0.717) is 11.5 Å². The Kier molecular flexibility index (Phi) is 9.04. The summed E-state index contributed by atoms with van der Waals surface area (Å²) < 4.78 is 0. The van der Waals surface area contributed by atoms with Crippen LogP contribution in [0.2, 0.25) is 39.3 Å². The standard InChI is InChI=1S/C30H46N2O2Si2/c1-9-21-15-27(35(3,4)5)17-23(29(21)33)19-31-25-11-13-26(14-12-25)32-20-24-18-28(36(6,7)8)16-22(10-2)30(24)34/h15-20,25-26,33-34H,9-14H2,1-8H3. The molecular weight excluding hydrogens is 477 g/mol. The predicted octanol–water partition coefficient (Wildman–Crippen LogP) is 6.16. The van der Waals surface area contributed by atoms with Gasteiger partial charge in [-0.2, -0.15) is 0 Å². The van der Waals surface area contributed by atoms with E-state index in [1.54, 1.807) is 0 Å². The van der Waals surface area contributed by atoms with Crippen LogP contribution in [0, 0.1) is 0 Å². The Balaban J connectivity index is 1.69. The Morgan fingerprint density at radius 1 is 0.667 bits per heavy atom. The average Bonchev–Trinajstić information content (AvgIpc) is 2.82. The normalized spacial score (nSPS) is 19.4. The van der Waals surface area contributed by atoms with Crippen molar-refractivity contribution in [1.82, 2.24) is 0 Å². The monoisotopic (exact) mass is 522 g/mol. The maximum absolute atomic E-state index is 10.7. The number of hydrogen-bond acceptors (Lipinski definition) is 4. The quantitative estimate of drug-likeness (QED) is 0.322. The first-order chi connectivity index (χ1) is 16.8. The molecule has 0 radical (unpaired) electrons. The number of aliphatic imine (C=N–C) groups is 2. The van der Waals surface area contributed by atoms with Gasteiger partial charge in [0, 0.05) is 23.6 Å². The Labute approximate surface area is 220 Å². The van der Waals surface area contributed by atoms with E-state index in [2.05, 4.69) is 77.4 Å². The molecule has 0 heterocycles. The summed E-state index contributed by atoms with van der Waals surface area (Å²) in [5, 5.41) is 24.2. The molecule has 2 aromatic carbocycles. The van der Waals surface area contributed by atoms with Gasteiger partial charge in [-0.1, -0.05) is 87.8 Å². The first-order valence-corrected chi connectivity index (χ1v) is 20.6. The Hall–Kier alpha value is -2.19. The molecule has 1 aliphatic rings. The van der Waals surface area contributed by atoms with Crippen molar-refractivity contribution in [3.8, 4) is 11.5 Å². The zero-order valence-corrected chi connectivity index (χ0v) is 25.7. The van der Waals surface area contributed by atoms with Crippen LogP contribution in [0.25, 0.3) is 0 Å². The summed E-state index contributed by atoms with van der Waals surface area (Å²) in [6.07, 6.45) is 9.43. The van der Waals surface area contributed by atoms with Crippen LogP contribution in [0.5, 0.6) is 11.5 Å². The van der Waals surface area contributed by atoms with Gasteiger partial charge in [-0.3, -0.25) is 9.98 Å². The first kappa shape index (κ1) is 28.4. The molecule has 1 fully saturated rings. The lowest BCUT2D eigenvalue weighted by Crippen LogP contribution is -2.38. The summed E-state index contributed by atoms with van der Waals surface area (Å²) in [5.41, 5.74) is 3.75. The van der Waals surface area contributed by atoms with E-state index in [4.69, 9.17) is 9.98 Å². The van der Waals surface area contributed by atoms with Gasteiger partial charge in [-0.15, -0.1) is 0 Å². The molecule has 6 heteroatoms. The summed E-state index contributed by atoms with van der Waals surface area (Å²) in [6.45, 7) is 18.2. The third kappa shape index (κ3) is 6.97. The molecule has 0 unspecified atom stereocenters. The van der Waals surface area contributed by atoms with E-state index in [1.165, 1.54) is 10.4 Å². The molecule has 0 amide bonds. The second-order valence-electron chi connectivity index (χ2n) is 12.4. The number of rotatable bonds is 8. The molecule has 196 valence electrons. The van der Waals surface area contributed by atoms with Crippen LogP contribution in [-0.4, -0.2) is 50.9 Å². The third-order valence-corrected chi connectivity index (χ3v) is 11.5. The molecule has 0 aliphatic heterocycles. The minimum Gasteiger partial charge on any atom is -0.507 e. The molecular formula is C30H46N2O2Si2. The molecule has 0 saturated heterocycles. The topological polar surface area (TPSA) is 65.2 Å². The van der Waals surface area contributed by atoms with Gasteiger partial charge < -0.3 is 10.2 Å². The van der Waals surface area contributed by atoms with Crippen molar-refractivity contribution >= 4 is 39.0 Å². The van der Waals surface area contributed by atoms with Crippen LogP contribution in [0.4, 0.5) is 0 Å². The number of aryl methyl sites for hydroxylation is 2. The van der Waals surface area contributed by atoms with E-state index in [0.717, 1.165) is 60.8 Å². The second kappa shape index (κ2) is 11.5. The van der Waals surface area contributed by atoms with Crippen LogP contribution >= 0.6 is 0 Å². The fraction of sp³-hybridized carbons (Fsp3) is 0.533. The van der Waals surface area contributed by atoms with Crippen LogP contribution in [0.3, 0.4) is 0 Å². The number of nitrogens with zero attached hydrogens (tertiary/aromatic N) is 2. The van der Waals surface area contributed by atoms with Crippen molar-refractivity contribution in [3.63, 3.8) is 0 Å². The Morgan fingerprint density at radius 2 is 1.00 bits per heavy atom. The van der Waals surface area contributed by atoms with Gasteiger partial charge in [-0.25, -0.2) is 0 Å². The predicted molar refractivity (Wildman–Crippen MR) is 162 cm³/mol. The van der Waals surface area contributed by atoms with E-state index < -0.39 is 16.1 Å². The highest BCUT2D eigenvalue weighted by molar-refractivity contribution is 6.89. The van der Waals surface area contributed by atoms with Gasteiger partial charge in [0.25, 0.3) is 0 Å². The second-order valence-corrected chi connectivity index (χ2v) is 22.5. The van der Waals surface area contributed by atoms with Gasteiger partial charge in [-0.05, 0) is 49.7 Å². The fourth-order valence-corrected chi connectivity index (χ4v) is 7.16. The minimum atomic E-state index is -1.48. The van der Waals surface area contributed by atoms with Gasteiger partial charge >= 0.3 is 0 Å². The summed E-state index contributed by atoms with van der Waals surface area (Å²) in [6, 6.07) is 9.20. The number of hydrogen-bond donors (Lipinski definition) is 2. The largest absolute Gasteiger partial charge is 0.507 e. The van der Waals surface area contributed by atoms with Crippen molar-refractivity contribution in [1.29, 1.82) is 0 Å². The smallest absolute Gasteiger partial charge is 0.127 e. The summed E-state index contributed by atoms with van der Waals surface area (Å²) in [5.74, 6) is 0.765. The van der Waals surface area contributed by atoms with Crippen LogP contribution in [0.15, 0.2) is 34.3 Å². The zero-order chi connectivity index (χ0) is 26.7. The first-order valence-electron chi connectivity index (χ1n) is 13.6. The van der Waals surface area contributed by atoms with Crippen molar-refractivity contribution in [2.75, 3.05) is 0 Å². The molecule has 0 aromatic heterocycles. The molecule has 36 heavy (non-hydrogen) atoms. The number of aromatic hydroxyl groups is 2. The lowest BCUT2D eigenvalue weighted by atomic mass is 9.92. The van der Waals surface area contributed by atoms with Gasteiger partial charge in [0.15, 0.2) is 0 Å². The fourth-order valence-electron chi connectivity index (χ4n) is 4.77. The third-order valence-electron chi connectivity index (χ3n) is 7.45. The molecule has 1 saturated carbocycles. The number of benzene rings is 2. The van der Waals surface area contributed by atoms with Crippen molar-refractivity contribution < 1.29 is 10.2 Å². The highest BCUT2D eigenvalue weighted by atomic mass is 28.3. The highest BCUT2D eigenvalue weighted by Gasteiger charge is 2.23. The molecule has 0 spiro atoms. The minimum absolute atomic E-state index is 0.270. The lowest BCUT2D eigenvalue weighted by molar-refractivity contribution is 0.399. The molecule has 0 bridgehead atoms. The Bertz CT molecular complexity index is 1030. The Morgan fingerprint density at radius 3 is 1.28 bits per heavy atom. The maximum atomic E-state index is 10.7. The van der Waals surface area contributed by atoms with Crippen LogP contribution in [0.1, 0.15) is 61.8 Å². The summed E-state index contributed by atoms with van der Waals surface area (Å²) >= 11 is 0. The van der Waals surface area contributed by atoms with Crippen LogP contribution < -0.4 is 10.4 Å².